The molecule has 0 aliphatic carbocycles. The van der Waals surface area contributed by atoms with Crippen LogP contribution in [-0.4, -0.2) is 21.2 Å². The Kier molecular flexibility index (Phi) is 2.49. The maximum atomic E-state index is 5.83. The second-order valence-corrected chi connectivity index (χ2v) is 3.84. The van der Waals surface area contributed by atoms with Crippen molar-refractivity contribution in [2.45, 2.75) is 0 Å². The maximum absolute atomic E-state index is 5.83. The summed E-state index contributed by atoms with van der Waals surface area (Å²) in [6.07, 6.45) is 3.34. The molecule has 3 N–H and O–H groups in total. The van der Waals surface area contributed by atoms with E-state index in [4.69, 9.17) is 5.73 Å². The maximum Gasteiger partial charge on any atom is 0.179 e. The molecule has 1 aromatic carbocycles. The highest BCUT2D eigenvalue weighted by Gasteiger charge is 2.03. The van der Waals surface area contributed by atoms with E-state index >= 15 is 0 Å². The zero-order valence-corrected chi connectivity index (χ0v) is 9.54. The Bertz CT molecular complexity index is 700. The fraction of sp³-hybridized carbons (Fsp3) is 0. The normalized spacial score (nSPS) is 11.3. The van der Waals surface area contributed by atoms with E-state index in [1.807, 2.05) is 36.4 Å². The molecule has 0 bridgehead atoms. The Morgan fingerprint density at radius 2 is 2.06 bits per heavy atom. The smallest absolute Gasteiger partial charge is 0.179 e. The number of nitrogens with two attached hydrogens (primary N) is 1. The van der Waals surface area contributed by atoms with Crippen LogP contribution in [0.4, 0.5) is 11.5 Å². The molecule has 0 aliphatic rings. The molecule has 0 spiro atoms. The summed E-state index contributed by atoms with van der Waals surface area (Å²) >= 11 is 0. The number of aliphatic imine (C=N–C) groups is 1. The summed E-state index contributed by atoms with van der Waals surface area (Å²) in [5.74, 6) is 0.377. The number of imidazole rings is 1. The van der Waals surface area contributed by atoms with Gasteiger partial charge in [0.15, 0.2) is 11.5 Å². The van der Waals surface area contributed by atoms with E-state index in [0.29, 0.717) is 17.2 Å². The summed E-state index contributed by atoms with van der Waals surface area (Å²) in [6, 6.07) is 11.7. The molecule has 18 heavy (non-hydrogen) atoms. The number of aromatic amines is 1. The Hall–Kier alpha value is -2.69. The number of benzene rings is 1. The predicted molar refractivity (Wildman–Crippen MR) is 72.0 cm³/mol. The summed E-state index contributed by atoms with van der Waals surface area (Å²) in [4.78, 5) is 15.5. The van der Waals surface area contributed by atoms with E-state index in [0.717, 1.165) is 11.1 Å². The van der Waals surface area contributed by atoms with Crippen LogP contribution in [-0.2, 0) is 0 Å². The van der Waals surface area contributed by atoms with E-state index < -0.39 is 0 Å². The first-order chi connectivity index (χ1) is 8.83. The SMILES string of the molecule is Nc1nc2nc[nH]c2cc1/N=C/c1ccccc1. The molecular formula is C13H11N5. The van der Waals surface area contributed by atoms with Crippen LogP contribution in [0.15, 0.2) is 47.7 Å². The number of pyridine rings is 1. The van der Waals surface area contributed by atoms with E-state index in [2.05, 4.69) is 19.9 Å². The number of nitrogens with one attached hydrogen (secondary N) is 1. The summed E-state index contributed by atoms with van der Waals surface area (Å²) in [5, 5.41) is 0. The molecule has 5 heteroatoms. The van der Waals surface area contributed by atoms with Gasteiger partial charge in [0.1, 0.15) is 5.69 Å². The molecular weight excluding hydrogens is 226 g/mol. The van der Waals surface area contributed by atoms with Crippen molar-refractivity contribution in [1.82, 2.24) is 15.0 Å². The predicted octanol–water partition coefficient (Wildman–Crippen LogP) is 2.29. The third-order valence-electron chi connectivity index (χ3n) is 2.57. The molecule has 0 amide bonds. The fourth-order valence-corrected chi connectivity index (χ4v) is 1.66. The molecule has 0 atom stereocenters. The molecule has 0 fully saturated rings. The quantitative estimate of drug-likeness (QED) is 0.671. The molecule has 2 heterocycles. The molecule has 0 radical (unpaired) electrons. The Balaban J connectivity index is 1.99. The van der Waals surface area contributed by atoms with Crippen molar-refractivity contribution >= 4 is 28.9 Å². The second-order valence-electron chi connectivity index (χ2n) is 3.84. The minimum absolute atomic E-state index is 0.377. The second kappa shape index (κ2) is 4.29. The van der Waals surface area contributed by atoms with E-state index in [1.165, 1.54) is 0 Å². The van der Waals surface area contributed by atoms with Crippen LogP contribution in [0.25, 0.3) is 11.2 Å². The zero-order chi connectivity index (χ0) is 12.4. The van der Waals surface area contributed by atoms with E-state index in [9.17, 15) is 0 Å². The lowest BCUT2D eigenvalue weighted by molar-refractivity contribution is 1.30. The average Bonchev–Trinajstić information content (AvgIpc) is 2.84. The van der Waals surface area contributed by atoms with Gasteiger partial charge in [0.05, 0.1) is 11.8 Å². The van der Waals surface area contributed by atoms with Crippen LogP contribution < -0.4 is 5.73 Å². The van der Waals surface area contributed by atoms with Crippen LogP contribution in [0.3, 0.4) is 0 Å². The molecule has 3 rings (SSSR count). The first-order valence-electron chi connectivity index (χ1n) is 5.51. The number of nitrogens with zero attached hydrogens (tertiary/aromatic N) is 3. The Morgan fingerprint density at radius 1 is 1.22 bits per heavy atom. The highest BCUT2D eigenvalue weighted by atomic mass is 15.0. The summed E-state index contributed by atoms with van der Waals surface area (Å²) in [7, 11) is 0. The number of nitrogen functional groups attached to an aromatic ring is 1. The number of anilines is 1. The van der Waals surface area contributed by atoms with Crippen molar-refractivity contribution in [2.75, 3.05) is 5.73 Å². The number of H-pyrrole nitrogens is 1. The van der Waals surface area contributed by atoms with Crippen molar-refractivity contribution in [1.29, 1.82) is 0 Å². The first kappa shape index (κ1) is 10.5. The highest BCUT2D eigenvalue weighted by molar-refractivity contribution is 5.86. The van der Waals surface area contributed by atoms with Gasteiger partial charge < -0.3 is 10.7 Å². The molecule has 0 aliphatic heterocycles. The minimum Gasteiger partial charge on any atom is -0.382 e. The van der Waals surface area contributed by atoms with Crippen molar-refractivity contribution < 1.29 is 0 Å². The van der Waals surface area contributed by atoms with Gasteiger partial charge in [0.2, 0.25) is 0 Å². The third-order valence-corrected chi connectivity index (χ3v) is 2.57. The van der Waals surface area contributed by atoms with Crippen LogP contribution in [0.1, 0.15) is 5.56 Å². The molecule has 0 unspecified atom stereocenters. The summed E-state index contributed by atoms with van der Waals surface area (Å²) in [5.41, 5.74) is 8.91. The molecule has 88 valence electrons. The van der Waals surface area contributed by atoms with Crippen LogP contribution in [0.2, 0.25) is 0 Å². The topological polar surface area (TPSA) is 80.0 Å². The van der Waals surface area contributed by atoms with Gasteiger partial charge in [-0.3, -0.25) is 4.99 Å². The minimum atomic E-state index is 0.377. The number of fused-ring (bicyclic) bond motifs is 1. The molecule has 0 saturated carbocycles. The van der Waals surface area contributed by atoms with Crippen molar-refractivity contribution in [3.05, 3.63) is 48.3 Å². The average molecular weight is 237 g/mol. The van der Waals surface area contributed by atoms with E-state index in [-0.39, 0.29) is 0 Å². The number of hydrogen-bond acceptors (Lipinski definition) is 4. The van der Waals surface area contributed by atoms with Crippen LogP contribution in [0, 0.1) is 0 Å². The lowest BCUT2D eigenvalue weighted by atomic mass is 10.2. The van der Waals surface area contributed by atoms with Gasteiger partial charge in [0, 0.05) is 6.21 Å². The van der Waals surface area contributed by atoms with Crippen LogP contribution in [0.5, 0.6) is 0 Å². The van der Waals surface area contributed by atoms with Gasteiger partial charge in [-0.25, -0.2) is 9.97 Å². The van der Waals surface area contributed by atoms with Gasteiger partial charge in [-0.2, -0.15) is 0 Å². The van der Waals surface area contributed by atoms with Gasteiger partial charge in [0.25, 0.3) is 0 Å². The van der Waals surface area contributed by atoms with Crippen molar-refractivity contribution in [3.8, 4) is 0 Å². The lowest BCUT2D eigenvalue weighted by Crippen LogP contribution is -1.91. The van der Waals surface area contributed by atoms with Gasteiger partial charge >= 0.3 is 0 Å². The van der Waals surface area contributed by atoms with E-state index in [1.54, 1.807) is 12.5 Å². The summed E-state index contributed by atoms with van der Waals surface area (Å²) < 4.78 is 0. The molecule has 3 aromatic rings. The fourth-order valence-electron chi connectivity index (χ4n) is 1.66. The molecule has 2 aromatic heterocycles. The lowest BCUT2D eigenvalue weighted by Gasteiger charge is -1.98. The molecule has 5 nitrogen and oxygen atoms in total. The van der Waals surface area contributed by atoms with Gasteiger partial charge in [-0.05, 0) is 11.6 Å². The number of aromatic nitrogens is 3. The monoisotopic (exact) mass is 237 g/mol. The highest BCUT2D eigenvalue weighted by Crippen LogP contribution is 2.23. The largest absolute Gasteiger partial charge is 0.382 e. The van der Waals surface area contributed by atoms with Gasteiger partial charge in [-0.1, -0.05) is 30.3 Å². The van der Waals surface area contributed by atoms with Crippen molar-refractivity contribution in [3.63, 3.8) is 0 Å². The Labute approximate surface area is 103 Å². The summed E-state index contributed by atoms with van der Waals surface area (Å²) in [6.45, 7) is 0. The first-order valence-corrected chi connectivity index (χ1v) is 5.51. The van der Waals surface area contributed by atoms with Crippen LogP contribution >= 0.6 is 0 Å². The van der Waals surface area contributed by atoms with Crippen molar-refractivity contribution in [2.24, 2.45) is 4.99 Å². The molecule has 0 saturated heterocycles. The Morgan fingerprint density at radius 3 is 2.89 bits per heavy atom. The standard InChI is InChI=1S/C13H11N5/c14-12-10(6-11-13(18-12)17-8-16-11)15-7-9-4-2-1-3-5-9/h1-8H,(H3,14,16,17,18)/b15-7+. The number of hydrogen-bond donors (Lipinski definition) is 2. The van der Waals surface area contributed by atoms with Gasteiger partial charge in [-0.15, -0.1) is 0 Å². The zero-order valence-electron chi connectivity index (χ0n) is 9.54. The third kappa shape index (κ3) is 1.93. The number of rotatable bonds is 2.